The standard InChI is InChI=1S/C51H30N4O2/c1-3-12-31(13-4-1)33-23-27-45-42(28-33)39-26-24-35(30-47(39)57-45)55-43-20-9-7-16-36(43)40-18-11-19-41(48(40)55)51-53-49(32-14-5-2-6-15-32)52-50(54-51)34-22-25-38-37-17-8-10-21-44(37)56-46(38)29-34/h1-30H. The third kappa shape index (κ3) is 5.01. The first-order valence-corrected chi connectivity index (χ1v) is 19.0. The number of fused-ring (bicyclic) bond motifs is 9. The topological polar surface area (TPSA) is 69.9 Å². The number of rotatable bonds is 5. The molecule has 6 heteroatoms. The van der Waals surface area contributed by atoms with E-state index in [1.54, 1.807) is 0 Å². The van der Waals surface area contributed by atoms with E-state index < -0.39 is 0 Å². The maximum Gasteiger partial charge on any atom is 0.166 e. The lowest BCUT2D eigenvalue weighted by Crippen LogP contribution is -2.02. The molecule has 0 aliphatic carbocycles. The Morgan fingerprint density at radius 3 is 1.77 bits per heavy atom. The van der Waals surface area contributed by atoms with Gasteiger partial charge in [0.2, 0.25) is 0 Å². The first-order valence-electron chi connectivity index (χ1n) is 19.0. The summed E-state index contributed by atoms with van der Waals surface area (Å²) >= 11 is 0. The van der Waals surface area contributed by atoms with Gasteiger partial charge in [0.05, 0.1) is 11.0 Å². The van der Waals surface area contributed by atoms with Crippen molar-refractivity contribution in [3.63, 3.8) is 0 Å². The van der Waals surface area contributed by atoms with Gasteiger partial charge in [-0.1, -0.05) is 121 Å². The molecule has 0 unspecified atom stereocenters. The quantitative estimate of drug-likeness (QED) is 0.176. The maximum atomic E-state index is 6.55. The molecule has 0 aliphatic rings. The van der Waals surface area contributed by atoms with Crippen molar-refractivity contribution in [2.75, 3.05) is 0 Å². The Morgan fingerprint density at radius 2 is 0.930 bits per heavy atom. The van der Waals surface area contributed by atoms with Gasteiger partial charge in [-0.3, -0.25) is 0 Å². The minimum absolute atomic E-state index is 0.569. The third-order valence-electron chi connectivity index (χ3n) is 11.1. The van der Waals surface area contributed by atoms with Gasteiger partial charge in [0.15, 0.2) is 17.5 Å². The normalized spacial score (nSPS) is 11.9. The highest BCUT2D eigenvalue weighted by Crippen LogP contribution is 2.40. The predicted molar refractivity (Wildman–Crippen MR) is 230 cm³/mol. The Morgan fingerprint density at radius 1 is 0.333 bits per heavy atom. The van der Waals surface area contributed by atoms with E-state index in [9.17, 15) is 0 Å². The molecule has 266 valence electrons. The number of hydrogen-bond donors (Lipinski definition) is 0. The molecule has 0 fully saturated rings. The van der Waals surface area contributed by atoms with E-state index in [-0.39, 0.29) is 0 Å². The van der Waals surface area contributed by atoms with E-state index in [2.05, 4.69) is 126 Å². The fraction of sp³-hybridized carbons (Fsp3) is 0. The number of aromatic nitrogens is 4. The Bertz CT molecular complexity index is 3530. The molecule has 0 spiro atoms. The second-order valence-electron chi connectivity index (χ2n) is 14.4. The first-order chi connectivity index (χ1) is 28.2. The molecule has 0 radical (unpaired) electrons. The molecule has 4 heterocycles. The maximum absolute atomic E-state index is 6.55. The highest BCUT2D eigenvalue weighted by atomic mass is 16.3. The molecule has 4 aromatic heterocycles. The van der Waals surface area contributed by atoms with Gasteiger partial charge in [-0.25, -0.2) is 15.0 Å². The van der Waals surface area contributed by atoms with Gasteiger partial charge in [-0.15, -0.1) is 0 Å². The van der Waals surface area contributed by atoms with Crippen LogP contribution in [0.3, 0.4) is 0 Å². The molecule has 12 rings (SSSR count). The minimum Gasteiger partial charge on any atom is -0.456 e. The van der Waals surface area contributed by atoms with Crippen LogP contribution in [-0.4, -0.2) is 19.5 Å². The fourth-order valence-electron chi connectivity index (χ4n) is 8.39. The Labute approximate surface area is 325 Å². The smallest absolute Gasteiger partial charge is 0.166 e. The summed E-state index contributed by atoms with van der Waals surface area (Å²) in [6.07, 6.45) is 0. The zero-order valence-corrected chi connectivity index (χ0v) is 30.4. The monoisotopic (exact) mass is 730 g/mol. The molecular formula is C51H30N4O2. The highest BCUT2D eigenvalue weighted by Gasteiger charge is 2.21. The third-order valence-corrected chi connectivity index (χ3v) is 11.1. The summed E-state index contributed by atoms with van der Waals surface area (Å²) in [7, 11) is 0. The van der Waals surface area contributed by atoms with Gasteiger partial charge in [-0.2, -0.15) is 0 Å². The van der Waals surface area contributed by atoms with Crippen molar-refractivity contribution >= 4 is 65.7 Å². The molecule has 0 saturated heterocycles. The van der Waals surface area contributed by atoms with E-state index in [0.717, 1.165) is 93.6 Å². The van der Waals surface area contributed by atoms with Gasteiger partial charge in [0, 0.05) is 60.8 Å². The lowest BCUT2D eigenvalue weighted by Gasteiger charge is -2.13. The zero-order valence-electron chi connectivity index (χ0n) is 30.4. The van der Waals surface area contributed by atoms with Crippen LogP contribution in [0.25, 0.3) is 117 Å². The van der Waals surface area contributed by atoms with Gasteiger partial charge >= 0.3 is 0 Å². The van der Waals surface area contributed by atoms with E-state index >= 15 is 0 Å². The predicted octanol–water partition coefficient (Wildman–Crippen LogP) is 13.4. The second-order valence-corrected chi connectivity index (χ2v) is 14.4. The van der Waals surface area contributed by atoms with Crippen molar-refractivity contribution in [3.8, 4) is 51.0 Å². The van der Waals surface area contributed by atoms with E-state index in [1.807, 2.05) is 60.7 Å². The molecule has 8 aromatic carbocycles. The van der Waals surface area contributed by atoms with Crippen molar-refractivity contribution in [1.82, 2.24) is 19.5 Å². The molecule has 57 heavy (non-hydrogen) atoms. The number of hydrogen-bond acceptors (Lipinski definition) is 5. The average Bonchev–Trinajstić information content (AvgIpc) is 3.95. The number of nitrogens with zero attached hydrogens (tertiary/aromatic N) is 4. The van der Waals surface area contributed by atoms with Crippen LogP contribution in [0.15, 0.2) is 191 Å². The number of furan rings is 2. The summed E-state index contributed by atoms with van der Waals surface area (Å²) in [5.41, 5.74) is 11.4. The fourth-order valence-corrected chi connectivity index (χ4v) is 8.39. The van der Waals surface area contributed by atoms with Crippen LogP contribution in [0.2, 0.25) is 0 Å². The van der Waals surface area contributed by atoms with E-state index in [1.165, 1.54) is 5.56 Å². The van der Waals surface area contributed by atoms with Crippen molar-refractivity contribution < 1.29 is 8.83 Å². The van der Waals surface area contributed by atoms with Crippen LogP contribution in [0.5, 0.6) is 0 Å². The van der Waals surface area contributed by atoms with Crippen LogP contribution >= 0.6 is 0 Å². The Kier molecular flexibility index (Phi) is 6.83. The zero-order chi connectivity index (χ0) is 37.5. The minimum atomic E-state index is 0.569. The largest absolute Gasteiger partial charge is 0.456 e. The lowest BCUT2D eigenvalue weighted by atomic mass is 10.0. The van der Waals surface area contributed by atoms with Crippen molar-refractivity contribution in [2.24, 2.45) is 0 Å². The van der Waals surface area contributed by atoms with Crippen molar-refractivity contribution in [2.45, 2.75) is 0 Å². The van der Waals surface area contributed by atoms with Gasteiger partial charge in [0.25, 0.3) is 0 Å². The van der Waals surface area contributed by atoms with Gasteiger partial charge in [0.1, 0.15) is 22.3 Å². The Hall–Kier alpha value is -7.83. The molecule has 6 nitrogen and oxygen atoms in total. The summed E-state index contributed by atoms with van der Waals surface area (Å²) in [4.78, 5) is 15.5. The second kappa shape index (κ2) is 12.3. The molecule has 12 aromatic rings. The van der Waals surface area contributed by atoms with Crippen molar-refractivity contribution in [3.05, 3.63) is 182 Å². The molecular weight excluding hydrogens is 701 g/mol. The summed E-state index contributed by atoms with van der Waals surface area (Å²) in [6, 6.07) is 62.7. The van der Waals surface area contributed by atoms with Crippen LogP contribution in [0.1, 0.15) is 0 Å². The van der Waals surface area contributed by atoms with Gasteiger partial charge < -0.3 is 13.4 Å². The number of benzene rings is 8. The Balaban J connectivity index is 1.08. The molecule has 0 N–H and O–H groups in total. The first kappa shape index (κ1) is 31.5. The highest BCUT2D eigenvalue weighted by molar-refractivity contribution is 6.14. The van der Waals surface area contributed by atoms with Crippen LogP contribution in [0, 0.1) is 0 Å². The van der Waals surface area contributed by atoms with E-state index in [4.69, 9.17) is 23.8 Å². The summed E-state index contributed by atoms with van der Waals surface area (Å²) in [5, 5.41) is 6.54. The molecule has 0 saturated carbocycles. The summed E-state index contributed by atoms with van der Waals surface area (Å²) in [5.74, 6) is 1.74. The van der Waals surface area contributed by atoms with Crippen LogP contribution < -0.4 is 0 Å². The molecule has 0 amide bonds. The number of para-hydroxylation sites is 3. The van der Waals surface area contributed by atoms with Crippen molar-refractivity contribution in [1.29, 1.82) is 0 Å². The SMILES string of the molecule is c1ccc(-c2ccc3oc4cc(-n5c6ccccc6c6cccc(-c7nc(-c8ccccc8)nc(-c8ccc9c(c8)oc8ccccc89)n7)c65)ccc4c3c2)cc1. The summed E-state index contributed by atoms with van der Waals surface area (Å²) < 4.78 is 15.2. The summed E-state index contributed by atoms with van der Waals surface area (Å²) in [6.45, 7) is 0. The molecule has 0 atom stereocenters. The van der Waals surface area contributed by atoms with Crippen LogP contribution in [-0.2, 0) is 0 Å². The lowest BCUT2D eigenvalue weighted by molar-refractivity contribution is 0.668. The van der Waals surface area contributed by atoms with Crippen LogP contribution in [0.4, 0.5) is 0 Å². The van der Waals surface area contributed by atoms with E-state index in [0.29, 0.717) is 17.5 Å². The molecule has 0 bridgehead atoms. The average molecular weight is 731 g/mol. The van der Waals surface area contributed by atoms with Gasteiger partial charge in [-0.05, 0) is 65.7 Å². The molecule has 0 aliphatic heterocycles.